The molecule has 1 N–H and O–H groups in total. The Morgan fingerprint density at radius 1 is 0.973 bits per heavy atom. The maximum Gasteiger partial charge on any atom is 0.335 e. The van der Waals surface area contributed by atoms with E-state index in [0.717, 1.165) is 41.2 Å². The largest absolute Gasteiger partial charge is 0.488 e. The van der Waals surface area contributed by atoms with E-state index < -0.39 is 17.6 Å². The van der Waals surface area contributed by atoms with E-state index in [0.29, 0.717) is 42.3 Å². The molecule has 0 bridgehead atoms. The van der Waals surface area contributed by atoms with Crippen LogP contribution in [0.25, 0.3) is 11.1 Å². The van der Waals surface area contributed by atoms with Gasteiger partial charge in [0.05, 0.1) is 5.56 Å². The van der Waals surface area contributed by atoms with E-state index >= 15 is 0 Å². The van der Waals surface area contributed by atoms with E-state index in [1.54, 1.807) is 29.2 Å². The quantitative estimate of drug-likeness (QED) is 0.358. The highest BCUT2D eigenvalue weighted by atomic mass is 35.5. The predicted octanol–water partition coefficient (Wildman–Crippen LogP) is 7.12. The fraction of sp³-hybridized carbons (Fsp3) is 0.241. The van der Waals surface area contributed by atoms with Crippen LogP contribution in [0.15, 0.2) is 54.6 Å². The Bertz CT molecular complexity index is 1440. The van der Waals surface area contributed by atoms with E-state index in [-0.39, 0.29) is 23.6 Å². The van der Waals surface area contributed by atoms with Gasteiger partial charge in [-0.3, -0.25) is 4.79 Å². The summed E-state index contributed by atoms with van der Waals surface area (Å²) in [5.41, 5.74) is 4.29. The van der Waals surface area contributed by atoms with E-state index in [1.807, 2.05) is 6.07 Å². The van der Waals surface area contributed by atoms with Crippen LogP contribution in [0.5, 0.6) is 5.75 Å². The molecule has 1 fully saturated rings. The van der Waals surface area contributed by atoms with Crippen molar-refractivity contribution < 1.29 is 28.2 Å². The molecule has 1 amide bonds. The molecule has 0 aromatic heterocycles. The molecule has 37 heavy (non-hydrogen) atoms. The molecule has 5 rings (SSSR count). The Kier molecular flexibility index (Phi) is 6.98. The van der Waals surface area contributed by atoms with Gasteiger partial charge in [-0.15, -0.1) is 0 Å². The molecule has 3 aromatic rings. The topological polar surface area (TPSA) is 66.8 Å². The Labute approximate surface area is 217 Å². The van der Waals surface area contributed by atoms with Crippen molar-refractivity contribution in [3.63, 3.8) is 0 Å². The van der Waals surface area contributed by atoms with Crippen molar-refractivity contribution in [3.05, 3.63) is 93.5 Å². The van der Waals surface area contributed by atoms with Crippen molar-refractivity contribution in [3.8, 4) is 5.75 Å². The van der Waals surface area contributed by atoms with Gasteiger partial charge in [0.2, 0.25) is 5.91 Å². The van der Waals surface area contributed by atoms with Crippen molar-refractivity contribution in [2.24, 2.45) is 0 Å². The summed E-state index contributed by atoms with van der Waals surface area (Å²) in [6, 6.07) is 13.6. The number of hydrogen-bond acceptors (Lipinski definition) is 3. The Balaban J connectivity index is 1.55. The first-order valence-electron chi connectivity index (χ1n) is 12.1. The first kappa shape index (κ1) is 25.0. The molecule has 0 spiro atoms. The number of halogens is 3. The molecule has 0 atom stereocenters. The Hall–Kier alpha value is -3.71. The van der Waals surface area contributed by atoms with Crippen molar-refractivity contribution in [1.29, 1.82) is 0 Å². The summed E-state index contributed by atoms with van der Waals surface area (Å²) in [5.74, 6) is -1.94. The molecular formula is C29H24ClF2NO4. The number of amides is 1. The van der Waals surface area contributed by atoms with E-state index in [9.17, 15) is 23.5 Å². The number of nitrogens with zero attached hydrogens (tertiary/aromatic N) is 1. The first-order valence-corrected chi connectivity index (χ1v) is 12.5. The molecule has 2 aliphatic rings. The molecule has 5 nitrogen and oxygen atoms in total. The monoisotopic (exact) mass is 523 g/mol. The third-order valence-electron chi connectivity index (χ3n) is 6.78. The molecule has 0 saturated carbocycles. The number of benzene rings is 3. The van der Waals surface area contributed by atoms with E-state index in [4.69, 9.17) is 16.3 Å². The lowest BCUT2D eigenvalue weighted by Gasteiger charge is -2.19. The Morgan fingerprint density at radius 3 is 2.51 bits per heavy atom. The number of aromatic carboxylic acids is 1. The maximum atomic E-state index is 14.2. The molecule has 8 heteroatoms. The fourth-order valence-electron chi connectivity index (χ4n) is 5.00. The third-order valence-corrected chi connectivity index (χ3v) is 7.02. The van der Waals surface area contributed by atoms with Gasteiger partial charge in [-0.25, -0.2) is 13.6 Å². The molecule has 0 unspecified atom stereocenters. The number of carbonyl (C=O) groups excluding carboxylic acids is 1. The third kappa shape index (κ3) is 5.23. The number of anilines is 1. The summed E-state index contributed by atoms with van der Waals surface area (Å²) in [6.07, 6.45) is 3.45. The predicted molar refractivity (Wildman–Crippen MR) is 138 cm³/mol. The number of rotatable bonds is 7. The lowest BCUT2D eigenvalue weighted by molar-refractivity contribution is -0.117. The number of carbonyl (C=O) groups is 2. The molecule has 1 aliphatic carbocycles. The first-order chi connectivity index (χ1) is 17.8. The summed E-state index contributed by atoms with van der Waals surface area (Å²) in [6.45, 7) is 0.457. The van der Waals surface area contributed by atoms with Crippen LogP contribution in [0.1, 0.15) is 59.2 Å². The van der Waals surface area contributed by atoms with Crippen LogP contribution in [-0.2, 0) is 11.4 Å². The van der Waals surface area contributed by atoms with Gasteiger partial charge in [0, 0.05) is 40.9 Å². The van der Waals surface area contributed by atoms with Crippen LogP contribution in [-0.4, -0.2) is 23.5 Å². The lowest BCUT2D eigenvalue weighted by atomic mass is 9.94. The van der Waals surface area contributed by atoms with Crippen molar-refractivity contribution in [2.75, 3.05) is 11.4 Å². The van der Waals surface area contributed by atoms with Gasteiger partial charge < -0.3 is 14.7 Å². The molecule has 190 valence electrons. The number of allylic oxidation sites excluding steroid dienone is 2. The van der Waals surface area contributed by atoms with Gasteiger partial charge in [0.25, 0.3) is 0 Å². The maximum absolute atomic E-state index is 14.2. The van der Waals surface area contributed by atoms with Gasteiger partial charge in [0.15, 0.2) is 0 Å². The highest BCUT2D eigenvalue weighted by molar-refractivity contribution is 6.30. The Morgan fingerprint density at radius 2 is 1.78 bits per heavy atom. The zero-order valence-corrected chi connectivity index (χ0v) is 20.7. The SMILES string of the molecule is O=C(O)c1cc(C2=C(c3cc(Cl)ccc3OCc3ccc(F)cc3F)CCC2)cc(N2CCCC2=O)c1. The van der Waals surface area contributed by atoms with Crippen molar-refractivity contribution >= 4 is 40.3 Å². The minimum absolute atomic E-state index is 0.0207. The molecule has 1 aliphatic heterocycles. The van der Waals surface area contributed by atoms with Gasteiger partial charge in [0.1, 0.15) is 24.0 Å². The van der Waals surface area contributed by atoms with Gasteiger partial charge in [-0.1, -0.05) is 11.6 Å². The van der Waals surface area contributed by atoms with E-state index in [1.165, 1.54) is 18.2 Å². The highest BCUT2D eigenvalue weighted by Crippen LogP contribution is 2.44. The number of carboxylic acid groups (broad SMARTS) is 1. The minimum Gasteiger partial charge on any atom is -0.488 e. The standard InChI is InChI=1S/C29H24ClF2NO4/c30-20-7-9-27(37-16-17-6-8-21(31)15-26(17)32)25(14-20)24-4-1-3-23(24)18-11-19(29(35)36)13-22(12-18)33-10-2-5-28(33)34/h6-9,11-15H,1-5,10,16H2,(H,35,36). The van der Waals surface area contributed by atoms with Crippen LogP contribution in [0, 0.1) is 11.6 Å². The summed E-state index contributed by atoms with van der Waals surface area (Å²) in [5, 5.41) is 10.3. The summed E-state index contributed by atoms with van der Waals surface area (Å²) >= 11 is 6.34. The number of ether oxygens (including phenoxy) is 1. The summed E-state index contributed by atoms with van der Waals surface area (Å²) in [7, 11) is 0. The van der Waals surface area contributed by atoms with Crippen LogP contribution in [0.4, 0.5) is 14.5 Å². The lowest BCUT2D eigenvalue weighted by Crippen LogP contribution is -2.24. The van der Waals surface area contributed by atoms with Crippen LogP contribution >= 0.6 is 11.6 Å². The zero-order chi connectivity index (χ0) is 26.1. The second-order valence-corrected chi connectivity index (χ2v) is 9.63. The zero-order valence-electron chi connectivity index (χ0n) is 19.9. The van der Waals surface area contributed by atoms with Crippen LogP contribution in [0.2, 0.25) is 5.02 Å². The number of hydrogen-bond donors (Lipinski definition) is 1. The second kappa shape index (κ2) is 10.3. The van der Waals surface area contributed by atoms with Crippen LogP contribution in [0.3, 0.4) is 0 Å². The van der Waals surface area contributed by atoms with Gasteiger partial charge in [-0.2, -0.15) is 0 Å². The van der Waals surface area contributed by atoms with Crippen molar-refractivity contribution in [2.45, 2.75) is 38.7 Å². The second-order valence-electron chi connectivity index (χ2n) is 9.20. The fourth-order valence-corrected chi connectivity index (χ4v) is 5.18. The van der Waals surface area contributed by atoms with Crippen molar-refractivity contribution in [1.82, 2.24) is 0 Å². The molecular weight excluding hydrogens is 500 g/mol. The normalized spacial score (nSPS) is 15.5. The molecule has 0 radical (unpaired) electrons. The van der Waals surface area contributed by atoms with Gasteiger partial charge in [-0.05, 0) is 90.9 Å². The summed E-state index contributed by atoms with van der Waals surface area (Å²) < 4.78 is 33.4. The molecule has 1 saturated heterocycles. The molecule has 3 aromatic carbocycles. The average Bonchev–Trinajstić information content (AvgIpc) is 3.53. The smallest absolute Gasteiger partial charge is 0.335 e. The average molecular weight is 524 g/mol. The highest BCUT2D eigenvalue weighted by Gasteiger charge is 2.26. The van der Waals surface area contributed by atoms with Gasteiger partial charge >= 0.3 is 5.97 Å². The van der Waals surface area contributed by atoms with E-state index in [2.05, 4.69) is 0 Å². The summed E-state index contributed by atoms with van der Waals surface area (Å²) in [4.78, 5) is 25.9. The van der Waals surface area contributed by atoms with Crippen LogP contribution < -0.4 is 9.64 Å². The minimum atomic E-state index is -1.07. The molecule has 1 heterocycles. The number of carboxylic acids is 1.